The van der Waals surface area contributed by atoms with Crippen molar-refractivity contribution >= 4 is 10.0 Å². The lowest BCUT2D eigenvalue weighted by Gasteiger charge is -2.28. The van der Waals surface area contributed by atoms with Gasteiger partial charge in [0.15, 0.2) is 0 Å². The number of allylic oxidation sites excluding steroid dienone is 1. The fourth-order valence-corrected chi connectivity index (χ4v) is 5.76. The van der Waals surface area contributed by atoms with E-state index in [4.69, 9.17) is 9.47 Å². The Bertz CT molecular complexity index is 885. The quantitative estimate of drug-likeness (QED) is 0.401. The van der Waals surface area contributed by atoms with E-state index < -0.39 is 10.0 Å². The lowest BCUT2D eigenvalue weighted by Crippen LogP contribution is -2.38. The van der Waals surface area contributed by atoms with Crippen LogP contribution in [0.25, 0.3) is 0 Å². The molecule has 1 saturated carbocycles. The molecule has 1 unspecified atom stereocenters. The first-order chi connectivity index (χ1) is 15.0. The molecule has 5 nitrogen and oxygen atoms in total. The van der Waals surface area contributed by atoms with Crippen LogP contribution in [-0.4, -0.2) is 32.2 Å². The van der Waals surface area contributed by atoms with Crippen molar-refractivity contribution in [2.45, 2.75) is 50.4 Å². The van der Waals surface area contributed by atoms with Crippen LogP contribution in [-0.2, 0) is 23.1 Å². The maximum atomic E-state index is 13.8. The molecule has 31 heavy (non-hydrogen) atoms. The average molecular weight is 444 g/mol. The highest BCUT2D eigenvalue weighted by Gasteiger charge is 2.36. The number of methoxy groups -OCH3 is 2. The average Bonchev–Trinajstić information content (AvgIpc) is 3.61. The summed E-state index contributed by atoms with van der Waals surface area (Å²) < 4.78 is 39.7. The van der Waals surface area contributed by atoms with Crippen LogP contribution in [0, 0.1) is 5.92 Å². The van der Waals surface area contributed by atoms with E-state index in [1.165, 1.54) is 0 Å². The molecule has 0 heterocycles. The second kappa shape index (κ2) is 10.8. The minimum absolute atomic E-state index is 0.327. The molecule has 0 bridgehead atoms. The standard InChI is InChI=1S/C25H33NO4S/c1-4-5-6-25(17-20-7-8-20)31(27,28)26(18-21-9-13-23(29-2)14-10-21)19-22-11-15-24(30-3)16-12-22/h4,9-16,20,25H,1,5-8,17-19H2,2-3H3. The van der Waals surface area contributed by atoms with Gasteiger partial charge in [0.25, 0.3) is 0 Å². The molecule has 3 rings (SSSR count). The molecule has 0 amide bonds. The third kappa shape index (κ3) is 6.58. The lowest BCUT2D eigenvalue weighted by molar-refractivity contribution is 0.385. The van der Waals surface area contributed by atoms with E-state index in [9.17, 15) is 8.42 Å². The van der Waals surface area contributed by atoms with E-state index in [2.05, 4.69) is 6.58 Å². The predicted octanol–water partition coefficient (Wildman–Crippen LogP) is 5.17. The Hall–Kier alpha value is -2.31. The maximum Gasteiger partial charge on any atom is 0.217 e. The number of ether oxygens (including phenoxy) is 2. The van der Waals surface area contributed by atoms with Gasteiger partial charge in [-0.2, -0.15) is 4.31 Å². The largest absolute Gasteiger partial charge is 0.497 e. The van der Waals surface area contributed by atoms with Gasteiger partial charge in [-0.3, -0.25) is 0 Å². The number of sulfonamides is 1. The van der Waals surface area contributed by atoms with Crippen LogP contribution in [0.4, 0.5) is 0 Å². The second-order valence-electron chi connectivity index (χ2n) is 8.18. The van der Waals surface area contributed by atoms with Crippen molar-refractivity contribution in [3.05, 3.63) is 72.3 Å². The van der Waals surface area contributed by atoms with Gasteiger partial charge in [-0.25, -0.2) is 8.42 Å². The summed E-state index contributed by atoms with van der Waals surface area (Å²) in [5.74, 6) is 2.05. The van der Waals surface area contributed by atoms with E-state index in [0.29, 0.717) is 31.8 Å². The SMILES string of the molecule is C=CCCC(CC1CC1)S(=O)(=O)N(Cc1ccc(OC)cc1)Cc1ccc(OC)cc1. The first-order valence-electron chi connectivity index (χ1n) is 10.8. The molecule has 1 atom stereocenters. The zero-order valence-electron chi connectivity index (χ0n) is 18.5. The van der Waals surface area contributed by atoms with E-state index in [-0.39, 0.29) is 5.25 Å². The number of benzene rings is 2. The molecule has 1 fully saturated rings. The van der Waals surface area contributed by atoms with Gasteiger partial charge < -0.3 is 9.47 Å². The first-order valence-corrected chi connectivity index (χ1v) is 12.3. The smallest absolute Gasteiger partial charge is 0.217 e. The Morgan fingerprint density at radius 3 is 1.84 bits per heavy atom. The molecule has 0 aliphatic heterocycles. The number of hydrogen-bond acceptors (Lipinski definition) is 4. The fraction of sp³-hybridized carbons (Fsp3) is 0.440. The molecule has 0 radical (unpaired) electrons. The van der Waals surface area contributed by atoms with Crippen LogP contribution in [0.15, 0.2) is 61.2 Å². The van der Waals surface area contributed by atoms with Crippen molar-refractivity contribution < 1.29 is 17.9 Å². The van der Waals surface area contributed by atoms with E-state index >= 15 is 0 Å². The van der Waals surface area contributed by atoms with Crippen LogP contribution in [0.2, 0.25) is 0 Å². The number of hydrogen-bond donors (Lipinski definition) is 0. The van der Waals surface area contributed by atoms with Gasteiger partial charge in [0.05, 0.1) is 19.5 Å². The van der Waals surface area contributed by atoms with Crippen molar-refractivity contribution in [1.29, 1.82) is 0 Å². The molecule has 0 saturated heterocycles. The third-order valence-corrected chi connectivity index (χ3v) is 8.05. The van der Waals surface area contributed by atoms with Gasteiger partial charge in [0.2, 0.25) is 10.0 Å². The molecule has 1 aliphatic carbocycles. The summed E-state index contributed by atoms with van der Waals surface area (Å²) >= 11 is 0. The summed E-state index contributed by atoms with van der Waals surface area (Å²) in [4.78, 5) is 0. The summed E-state index contributed by atoms with van der Waals surface area (Å²) in [6, 6.07) is 15.2. The molecule has 6 heteroatoms. The highest BCUT2D eigenvalue weighted by molar-refractivity contribution is 7.89. The highest BCUT2D eigenvalue weighted by atomic mass is 32.2. The highest BCUT2D eigenvalue weighted by Crippen LogP contribution is 2.37. The Labute approximate surface area is 186 Å². The maximum absolute atomic E-state index is 13.8. The topological polar surface area (TPSA) is 55.8 Å². The van der Waals surface area contributed by atoms with Gasteiger partial charge >= 0.3 is 0 Å². The van der Waals surface area contributed by atoms with Crippen LogP contribution >= 0.6 is 0 Å². The molecule has 2 aromatic rings. The Kier molecular flexibility index (Phi) is 8.15. The van der Waals surface area contributed by atoms with Gasteiger partial charge in [0.1, 0.15) is 11.5 Å². The van der Waals surface area contributed by atoms with Crippen LogP contribution in [0.3, 0.4) is 0 Å². The second-order valence-corrected chi connectivity index (χ2v) is 10.4. The Morgan fingerprint density at radius 1 is 0.968 bits per heavy atom. The van der Waals surface area contributed by atoms with Gasteiger partial charge in [-0.05, 0) is 60.6 Å². The summed E-state index contributed by atoms with van der Waals surface area (Å²) in [5, 5.41) is -0.380. The molecule has 1 aliphatic rings. The minimum atomic E-state index is -3.50. The Balaban J connectivity index is 1.87. The summed E-state index contributed by atoms with van der Waals surface area (Å²) in [6.45, 7) is 4.44. The molecule has 2 aromatic carbocycles. The molecule has 0 aromatic heterocycles. The van der Waals surface area contributed by atoms with Crippen LogP contribution < -0.4 is 9.47 Å². The van der Waals surface area contributed by atoms with Crippen molar-refractivity contribution in [3.63, 3.8) is 0 Å². The Morgan fingerprint density at radius 2 is 1.45 bits per heavy atom. The van der Waals surface area contributed by atoms with Crippen LogP contribution in [0.5, 0.6) is 11.5 Å². The zero-order chi connectivity index (χ0) is 22.3. The van der Waals surface area contributed by atoms with Gasteiger partial charge in [-0.1, -0.05) is 43.2 Å². The van der Waals surface area contributed by atoms with Crippen molar-refractivity contribution in [3.8, 4) is 11.5 Å². The normalized spacial score (nSPS) is 14.9. The monoisotopic (exact) mass is 443 g/mol. The van der Waals surface area contributed by atoms with E-state index in [1.54, 1.807) is 18.5 Å². The van der Waals surface area contributed by atoms with Crippen molar-refractivity contribution in [1.82, 2.24) is 4.31 Å². The zero-order valence-corrected chi connectivity index (χ0v) is 19.3. The summed E-state index contributed by atoms with van der Waals surface area (Å²) in [5.41, 5.74) is 1.87. The van der Waals surface area contributed by atoms with Crippen molar-refractivity contribution in [2.75, 3.05) is 14.2 Å². The first kappa shape index (κ1) is 23.4. The molecular formula is C25H33NO4S. The predicted molar refractivity (Wildman–Crippen MR) is 125 cm³/mol. The summed E-state index contributed by atoms with van der Waals surface area (Å²) in [7, 11) is -0.250. The number of nitrogens with zero attached hydrogens (tertiary/aromatic N) is 1. The summed E-state index contributed by atoms with van der Waals surface area (Å²) in [6.07, 6.45) is 6.14. The minimum Gasteiger partial charge on any atom is -0.497 e. The third-order valence-electron chi connectivity index (χ3n) is 5.80. The molecule has 0 N–H and O–H groups in total. The van der Waals surface area contributed by atoms with Crippen molar-refractivity contribution in [2.24, 2.45) is 5.92 Å². The molecule has 168 valence electrons. The van der Waals surface area contributed by atoms with Gasteiger partial charge in [-0.15, -0.1) is 6.58 Å². The van der Waals surface area contributed by atoms with E-state index in [0.717, 1.165) is 41.9 Å². The number of rotatable bonds is 13. The molecule has 0 spiro atoms. The van der Waals surface area contributed by atoms with Crippen LogP contribution in [0.1, 0.15) is 43.2 Å². The van der Waals surface area contributed by atoms with E-state index in [1.807, 2.05) is 54.6 Å². The fourth-order valence-electron chi connectivity index (χ4n) is 3.73. The molecular weight excluding hydrogens is 410 g/mol. The lowest BCUT2D eigenvalue weighted by atomic mass is 10.1. The van der Waals surface area contributed by atoms with Gasteiger partial charge in [0, 0.05) is 13.1 Å².